The zero-order valence-electron chi connectivity index (χ0n) is 8.43. The Morgan fingerprint density at radius 2 is 1.81 bits per heavy atom. The van der Waals surface area contributed by atoms with Crippen molar-refractivity contribution in [1.82, 2.24) is 0 Å². The van der Waals surface area contributed by atoms with Gasteiger partial charge in [-0.15, -0.1) is 0 Å². The molecule has 0 spiro atoms. The topological polar surface area (TPSA) is 26.0 Å². The molecule has 2 N–H and O–H groups in total. The second kappa shape index (κ2) is 3.41. The highest BCUT2D eigenvalue weighted by Crippen LogP contribution is 2.43. The SMILES string of the molecule is Nc1ccc2c(c1)Cc1cc(Cl)cc(Cl)c1-2. The van der Waals surface area contributed by atoms with Gasteiger partial charge in [0.25, 0.3) is 0 Å². The molecule has 0 aromatic heterocycles. The van der Waals surface area contributed by atoms with Gasteiger partial charge in [0.1, 0.15) is 0 Å². The van der Waals surface area contributed by atoms with Gasteiger partial charge in [-0.25, -0.2) is 0 Å². The van der Waals surface area contributed by atoms with Crippen molar-refractivity contribution >= 4 is 28.9 Å². The van der Waals surface area contributed by atoms with E-state index in [0.717, 1.165) is 17.7 Å². The Balaban J connectivity index is 2.29. The lowest BCUT2D eigenvalue weighted by Gasteiger charge is -2.04. The second-order valence-corrected chi connectivity index (χ2v) is 4.86. The summed E-state index contributed by atoms with van der Waals surface area (Å²) in [6, 6.07) is 9.68. The Labute approximate surface area is 104 Å². The quantitative estimate of drug-likeness (QED) is 0.596. The van der Waals surface area contributed by atoms with Crippen molar-refractivity contribution in [2.75, 3.05) is 5.73 Å². The molecule has 0 bridgehead atoms. The van der Waals surface area contributed by atoms with Gasteiger partial charge in [0.2, 0.25) is 0 Å². The first kappa shape index (κ1) is 10.0. The molecule has 2 aromatic rings. The standard InChI is InChI=1S/C13H9Cl2N/c14-9-4-8-3-7-5-10(16)1-2-11(7)13(8)12(15)6-9/h1-2,4-6H,3,16H2. The summed E-state index contributed by atoms with van der Waals surface area (Å²) in [5.74, 6) is 0. The first-order valence-electron chi connectivity index (χ1n) is 5.02. The zero-order chi connectivity index (χ0) is 11.3. The van der Waals surface area contributed by atoms with E-state index in [1.165, 1.54) is 16.7 Å². The highest BCUT2D eigenvalue weighted by molar-refractivity contribution is 6.37. The minimum atomic E-state index is 0.685. The van der Waals surface area contributed by atoms with Crippen LogP contribution in [0.15, 0.2) is 30.3 Å². The third-order valence-corrected chi connectivity index (χ3v) is 3.43. The van der Waals surface area contributed by atoms with Crippen LogP contribution < -0.4 is 5.73 Å². The molecule has 80 valence electrons. The molecule has 3 heteroatoms. The van der Waals surface area contributed by atoms with Crippen LogP contribution in [0.2, 0.25) is 10.0 Å². The molecule has 1 nitrogen and oxygen atoms in total. The minimum Gasteiger partial charge on any atom is -0.399 e. The Bertz CT molecular complexity index is 591. The third kappa shape index (κ3) is 1.40. The Morgan fingerprint density at radius 1 is 1.00 bits per heavy atom. The van der Waals surface area contributed by atoms with Gasteiger partial charge in [0.05, 0.1) is 5.02 Å². The smallest absolute Gasteiger partial charge is 0.0502 e. The predicted octanol–water partition coefficient (Wildman–Crippen LogP) is 4.15. The van der Waals surface area contributed by atoms with E-state index < -0.39 is 0 Å². The maximum absolute atomic E-state index is 6.23. The maximum atomic E-state index is 6.23. The van der Waals surface area contributed by atoms with E-state index in [4.69, 9.17) is 28.9 Å². The van der Waals surface area contributed by atoms with Crippen LogP contribution >= 0.6 is 23.2 Å². The molecule has 0 radical (unpaired) electrons. The first-order chi connectivity index (χ1) is 7.65. The van der Waals surface area contributed by atoms with Crippen LogP contribution in [0.1, 0.15) is 11.1 Å². The van der Waals surface area contributed by atoms with Gasteiger partial charge in [-0.1, -0.05) is 29.3 Å². The molecule has 0 aliphatic heterocycles. The van der Waals surface area contributed by atoms with Gasteiger partial charge in [0, 0.05) is 16.3 Å². The minimum absolute atomic E-state index is 0.685. The molecule has 0 atom stereocenters. The summed E-state index contributed by atoms with van der Waals surface area (Å²) in [6.07, 6.45) is 0.857. The number of fused-ring (bicyclic) bond motifs is 3. The molecule has 16 heavy (non-hydrogen) atoms. The van der Waals surface area contributed by atoms with Crippen LogP contribution in [0.5, 0.6) is 0 Å². The molecule has 2 aromatic carbocycles. The number of halogens is 2. The molecule has 0 unspecified atom stereocenters. The van der Waals surface area contributed by atoms with Gasteiger partial charge < -0.3 is 5.73 Å². The van der Waals surface area contributed by atoms with Crippen molar-refractivity contribution in [2.24, 2.45) is 0 Å². The summed E-state index contributed by atoms with van der Waals surface area (Å²) in [4.78, 5) is 0. The third-order valence-electron chi connectivity index (χ3n) is 2.92. The number of rotatable bonds is 0. The van der Waals surface area contributed by atoms with Crippen molar-refractivity contribution in [3.05, 3.63) is 51.5 Å². The zero-order valence-corrected chi connectivity index (χ0v) is 9.94. The van der Waals surface area contributed by atoms with Crippen LogP contribution in [-0.4, -0.2) is 0 Å². The van der Waals surface area contributed by atoms with E-state index in [9.17, 15) is 0 Å². The second-order valence-electron chi connectivity index (χ2n) is 4.02. The Morgan fingerprint density at radius 3 is 2.62 bits per heavy atom. The van der Waals surface area contributed by atoms with Gasteiger partial charge in [-0.2, -0.15) is 0 Å². The molecule has 0 saturated heterocycles. The number of benzene rings is 2. The molecule has 0 heterocycles. The highest BCUT2D eigenvalue weighted by atomic mass is 35.5. The van der Waals surface area contributed by atoms with E-state index in [1.54, 1.807) is 6.07 Å². The largest absolute Gasteiger partial charge is 0.399 e. The molecule has 0 amide bonds. The summed E-state index contributed by atoms with van der Waals surface area (Å²) in [6.45, 7) is 0. The van der Waals surface area contributed by atoms with Crippen molar-refractivity contribution in [3.8, 4) is 11.1 Å². The first-order valence-corrected chi connectivity index (χ1v) is 5.77. The highest BCUT2D eigenvalue weighted by Gasteiger charge is 2.21. The Kier molecular flexibility index (Phi) is 2.13. The lowest BCUT2D eigenvalue weighted by Crippen LogP contribution is -1.86. The van der Waals surface area contributed by atoms with E-state index in [-0.39, 0.29) is 0 Å². The van der Waals surface area contributed by atoms with Crippen molar-refractivity contribution in [3.63, 3.8) is 0 Å². The fourth-order valence-electron chi connectivity index (χ4n) is 2.28. The van der Waals surface area contributed by atoms with Crippen LogP contribution in [0.3, 0.4) is 0 Å². The van der Waals surface area contributed by atoms with Gasteiger partial charge >= 0.3 is 0 Å². The van der Waals surface area contributed by atoms with E-state index in [1.807, 2.05) is 24.3 Å². The van der Waals surface area contributed by atoms with Gasteiger partial charge in [-0.05, 0) is 47.4 Å². The van der Waals surface area contributed by atoms with E-state index >= 15 is 0 Å². The summed E-state index contributed by atoms with van der Waals surface area (Å²) in [5, 5.41) is 1.40. The normalized spacial score (nSPS) is 12.4. The molecule has 1 aliphatic carbocycles. The average Bonchev–Trinajstić information content (AvgIpc) is 2.54. The number of nitrogens with two attached hydrogens (primary N) is 1. The van der Waals surface area contributed by atoms with Crippen LogP contribution in [0, 0.1) is 0 Å². The van der Waals surface area contributed by atoms with Crippen LogP contribution in [0.25, 0.3) is 11.1 Å². The number of nitrogen functional groups attached to an aromatic ring is 1. The van der Waals surface area contributed by atoms with Crippen LogP contribution in [-0.2, 0) is 6.42 Å². The lowest BCUT2D eigenvalue weighted by atomic mass is 10.1. The van der Waals surface area contributed by atoms with E-state index in [2.05, 4.69) is 0 Å². The molecule has 0 saturated carbocycles. The van der Waals surface area contributed by atoms with E-state index in [0.29, 0.717) is 10.0 Å². The summed E-state index contributed by atoms with van der Waals surface area (Å²) in [5.41, 5.74) is 11.2. The molecule has 0 fully saturated rings. The number of hydrogen-bond donors (Lipinski definition) is 1. The predicted molar refractivity (Wildman–Crippen MR) is 69.1 cm³/mol. The molecule has 3 rings (SSSR count). The van der Waals surface area contributed by atoms with Crippen molar-refractivity contribution in [1.29, 1.82) is 0 Å². The maximum Gasteiger partial charge on any atom is 0.0502 e. The lowest BCUT2D eigenvalue weighted by molar-refractivity contribution is 1.26. The fourth-order valence-corrected chi connectivity index (χ4v) is 2.91. The summed E-state index contributed by atoms with van der Waals surface area (Å²) >= 11 is 12.2. The fraction of sp³-hybridized carbons (Fsp3) is 0.0769. The summed E-state index contributed by atoms with van der Waals surface area (Å²) < 4.78 is 0. The number of anilines is 1. The van der Waals surface area contributed by atoms with Crippen LogP contribution in [0.4, 0.5) is 5.69 Å². The summed E-state index contributed by atoms with van der Waals surface area (Å²) in [7, 11) is 0. The molecular formula is C13H9Cl2N. The average molecular weight is 250 g/mol. The molecular weight excluding hydrogens is 241 g/mol. The van der Waals surface area contributed by atoms with Crippen molar-refractivity contribution < 1.29 is 0 Å². The number of hydrogen-bond acceptors (Lipinski definition) is 1. The van der Waals surface area contributed by atoms with Crippen molar-refractivity contribution in [2.45, 2.75) is 6.42 Å². The monoisotopic (exact) mass is 249 g/mol. The van der Waals surface area contributed by atoms with Gasteiger partial charge in [-0.3, -0.25) is 0 Å². The molecule has 1 aliphatic rings. The Hall–Kier alpha value is -1.18. The van der Waals surface area contributed by atoms with Gasteiger partial charge in [0.15, 0.2) is 0 Å².